The van der Waals surface area contributed by atoms with Gasteiger partial charge in [-0.15, -0.1) is 11.6 Å². The fraction of sp³-hybridized carbons (Fsp3) is 0.300. The molecule has 1 aromatic carbocycles. The predicted octanol–water partition coefficient (Wildman–Crippen LogP) is 2.58. The highest BCUT2D eigenvalue weighted by molar-refractivity contribution is 6.17. The Hall–Kier alpha value is -1.02. The van der Waals surface area contributed by atoms with E-state index < -0.39 is 0 Å². The van der Waals surface area contributed by atoms with Crippen LogP contribution >= 0.6 is 11.6 Å². The minimum Gasteiger partial charge on any atom is -0.327 e. The molecule has 0 saturated carbocycles. The molecule has 13 heavy (non-hydrogen) atoms. The van der Waals surface area contributed by atoms with E-state index in [0.717, 1.165) is 17.9 Å². The van der Waals surface area contributed by atoms with E-state index in [1.54, 1.807) is 0 Å². The zero-order chi connectivity index (χ0) is 9.26. The van der Waals surface area contributed by atoms with E-state index in [9.17, 15) is 0 Å². The molecule has 0 spiro atoms. The van der Waals surface area contributed by atoms with Gasteiger partial charge in [-0.25, -0.2) is 4.98 Å². The Bertz CT molecular complexity index is 420. The van der Waals surface area contributed by atoms with Crippen LogP contribution in [0.5, 0.6) is 0 Å². The van der Waals surface area contributed by atoms with Crippen LogP contribution in [0.4, 0.5) is 0 Å². The minimum absolute atomic E-state index is 0.626. The van der Waals surface area contributed by atoms with Crippen molar-refractivity contribution in [2.45, 2.75) is 13.5 Å². The van der Waals surface area contributed by atoms with Gasteiger partial charge in [0.05, 0.1) is 11.0 Å². The summed E-state index contributed by atoms with van der Waals surface area (Å²) in [6.07, 6.45) is 0. The molecule has 0 atom stereocenters. The zero-order valence-electron chi connectivity index (χ0n) is 7.50. The van der Waals surface area contributed by atoms with Crippen molar-refractivity contribution < 1.29 is 0 Å². The third kappa shape index (κ3) is 1.42. The quantitative estimate of drug-likeness (QED) is 0.672. The first-order valence-electron chi connectivity index (χ1n) is 4.31. The molecule has 0 aliphatic rings. The van der Waals surface area contributed by atoms with E-state index in [1.807, 2.05) is 25.1 Å². The van der Waals surface area contributed by atoms with Crippen molar-refractivity contribution in [2.75, 3.05) is 5.88 Å². The van der Waals surface area contributed by atoms with E-state index in [4.69, 9.17) is 11.6 Å². The smallest absolute Gasteiger partial charge is 0.106 e. The predicted molar refractivity (Wildman–Crippen MR) is 55.2 cm³/mol. The summed E-state index contributed by atoms with van der Waals surface area (Å²) in [5.41, 5.74) is 2.21. The maximum Gasteiger partial charge on any atom is 0.106 e. The lowest BCUT2D eigenvalue weighted by molar-refractivity contribution is 0.758. The van der Waals surface area contributed by atoms with Crippen molar-refractivity contribution in [3.8, 4) is 0 Å². The number of benzene rings is 1. The minimum atomic E-state index is 0.626. The van der Waals surface area contributed by atoms with Gasteiger partial charge in [0.2, 0.25) is 0 Å². The highest BCUT2D eigenvalue weighted by atomic mass is 35.5. The van der Waals surface area contributed by atoms with Gasteiger partial charge < -0.3 is 4.57 Å². The van der Waals surface area contributed by atoms with Gasteiger partial charge in [-0.05, 0) is 19.1 Å². The molecule has 0 radical (unpaired) electrons. The first-order valence-corrected chi connectivity index (χ1v) is 4.84. The molecule has 1 aromatic heterocycles. The Kier molecular flexibility index (Phi) is 2.23. The third-order valence-corrected chi connectivity index (χ3v) is 2.32. The average molecular weight is 195 g/mol. The molecule has 3 heteroatoms. The van der Waals surface area contributed by atoms with Gasteiger partial charge in [0, 0.05) is 12.4 Å². The molecular formula is C10H11ClN2. The van der Waals surface area contributed by atoms with Crippen LogP contribution in [0.2, 0.25) is 0 Å². The van der Waals surface area contributed by atoms with Gasteiger partial charge in [-0.2, -0.15) is 0 Å². The molecule has 2 aromatic rings. The van der Waals surface area contributed by atoms with Crippen molar-refractivity contribution in [1.29, 1.82) is 0 Å². The molecule has 0 amide bonds. The molecule has 68 valence electrons. The summed E-state index contributed by atoms with van der Waals surface area (Å²) in [7, 11) is 0. The Labute approximate surface area is 82.1 Å². The van der Waals surface area contributed by atoms with Gasteiger partial charge >= 0.3 is 0 Å². The number of hydrogen-bond acceptors (Lipinski definition) is 1. The van der Waals surface area contributed by atoms with Gasteiger partial charge in [0.1, 0.15) is 5.82 Å². The number of aryl methyl sites for hydroxylation is 2. The fourth-order valence-corrected chi connectivity index (χ4v) is 1.73. The lowest BCUT2D eigenvalue weighted by atomic mass is 10.3. The van der Waals surface area contributed by atoms with Gasteiger partial charge in [0.25, 0.3) is 0 Å². The van der Waals surface area contributed by atoms with Crippen molar-refractivity contribution in [2.24, 2.45) is 0 Å². The Balaban J connectivity index is 2.64. The first-order chi connectivity index (χ1) is 6.33. The van der Waals surface area contributed by atoms with E-state index in [1.165, 1.54) is 5.52 Å². The topological polar surface area (TPSA) is 17.8 Å². The summed E-state index contributed by atoms with van der Waals surface area (Å²) >= 11 is 5.72. The van der Waals surface area contributed by atoms with E-state index in [-0.39, 0.29) is 0 Å². The number of alkyl halides is 1. The molecule has 1 heterocycles. The second kappa shape index (κ2) is 3.38. The van der Waals surface area contributed by atoms with Crippen LogP contribution < -0.4 is 0 Å². The van der Waals surface area contributed by atoms with Crippen molar-refractivity contribution in [3.63, 3.8) is 0 Å². The number of nitrogens with zero attached hydrogens (tertiary/aromatic N) is 2. The average Bonchev–Trinajstić information content (AvgIpc) is 2.44. The molecule has 0 unspecified atom stereocenters. The summed E-state index contributed by atoms with van der Waals surface area (Å²) in [4.78, 5) is 4.44. The Morgan fingerprint density at radius 3 is 2.92 bits per heavy atom. The largest absolute Gasteiger partial charge is 0.327 e. The standard InChI is InChI=1S/C10H11ClN2/c1-8-12-9-4-2-3-5-10(9)13(8)7-6-11/h2-5H,6-7H2,1H3. The summed E-state index contributed by atoms with van der Waals surface area (Å²) in [5.74, 6) is 1.66. The number of halogens is 1. The zero-order valence-corrected chi connectivity index (χ0v) is 8.25. The van der Waals surface area contributed by atoms with E-state index in [2.05, 4.69) is 15.6 Å². The van der Waals surface area contributed by atoms with Gasteiger partial charge in [-0.3, -0.25) is 0 Å². The maximum absolute atomic E-state index is 5.72. The molecule has 0 aliphatic heterocycles. The summed E-state index contributed by atoms with van der Waals surface area (Å²) in [6, 6.07) is 8.11. The number of hydrogen-bond donors (Lipinski definition) is 0. The highest BCUT2D eigenvalue weighted by Gasteiger charge is 2.04. The number of fused-ring (bicyclic) bond motifs is 1. The monoisotopic (exact) mass is 194 g/mol. The molecule has 0 aliphatic carbocycles. The summed E-state index contributed by atoms with van der Waals surface area (Å²) in [6.45, 7) is 2.83. The van der Waals surface area contributed by atoms with Crippen LogP contribution in [0.25, 0.3) is 11.0 Å². The van der Waals surface area contributed by atoms with Crippen LogP contribution in [0.15, 0.2) is 24.3 Å². The lowest BCUT2D eigenvalue weighted by Gasteiger charge is -2.02. The molecule has 0 fully saturated rings. The Morgan fingerprint density at radius 2 is 2.15 bits per heavy atom. The van der Waals surface area contributed by atoms with Crippen LogP contribution in [0.1, 0.15) is 5.82 Å². The van der Waals surface area contributed by atoms with Crippen molar-refractivity contribution >= 4 is 22.6 Å². The normalized spacial score (nSPS) is 10.9. The van der Waals surface area contributed by atoms with Crippen LogP contribution in [-0.4, -0.2) is 15.4 Å². The molecule has 0 bridgehead atoms. The number of para-hydroxylation sites is 2. The lowest BCUT2D eigenvalue weighted by Crippen LogP contribution is -2.00. The molecular weight excluding hydrogens is 184 g/mol. The first kappa shape index (κ1) is 8.57. The highest BCUT2D eigenvalue weighted by Crippen LogP contribution is 2.14. The third-order valence-electron chi connectivity index (χ3n) is 2.15. The Morgan fingerprint density at radius 1 is 1.38 bits per heavy atom. The second-order valence-corrected chi connectivity index (χ2v) is 3.37. The number of rotatable bonds is 2. The van der Waals surface area contributed by atoms with Gasteiger partial charge in [-0.1, -0.05) is 12.1 Å². The van der Waals surface area contributed by atoms with Gasteiger partial charge in [0.15, 0.2) is 0 Å². The number of imidazole rings is 1. The van der Waals surface area contributed by atoms with Crippen molar-refractivity contribution in [1.82, 2.24) is 9.55 Å². The SMILES string of the molecule is Cc1nc2ccccc2n1CCCl. The molecule has 0 N–H and O–H groups in total. The van der Waals surface area contributed by atoms with Crippen LogP contribution in [-0.2, 0) is 6.54 Å². The van der Waals surface area contributed by atoms with Crippen LogP contribution in [0.3, 0.4) is 0 Å². The van der Waals surface area contributed by atoms with Crippen molar-refractivity contribution in [3.05, 3.63) is 30.1 Å². The molecule has 0 saturated heterocycles. The summed E-state index contributed by atoms with van der Waals surface area (Å²) in [5, 5.41) is 0. The van der Waals surface area contributed by atoms with Crippen LogP contribution in [0, 0.1) is 6.92 Å². The van der Waals surface area contributed by atoms with E-state index in [0.29, 0.717) is 5.88 Å². The summed E-state index contributed by atoms with van der Waals surface area (Å²) < 4.78 is 2.14. The second-order valence-electron chi connectivity index (χ2n) is 2.99. The molecule has 2 nitrogen and oxygen atoms in total. The molecule has 2 rings (SSSR count). The maximum atomic E-state index is 5.72. The van der Waals surface area contributed by atoms with E-state index >= 15 is 0 Å². The fourth-order valence-electron chi connectivity index (χ4n) is 1.56. The number of aromatic nitrogens is 2.